The Morgan fingerprint density at radius 1 is 1.02 bits per heavy atom. The molecule has 9 nitrogen and oxygen atoms in total. The van der Waals surface area contributed by atoms with E-state index >= 15 is 0 Å². The molecule has 0 amide bonds. The van der Waals surface area contributed by atoms with Crippen LogP contribution >= 0.6 is 0 Å². The van der Waals surface area contributed by atoms with Gasteiger partial charge in [-0.1, -0.05) is 0 Å². The fraction of sp³-hybridized carbons (Fsp3) is 0.292. The lowest BCUT2D eigenvalue weighted by Gasteiger charge is -2.20. The fourth-order valence-electron chi connectivity index (χ4n) is 3.99. The number of fused-ring (bicyclic) bond motifs is 1. The molecule has 212 valence electrons. The smallest absolute Gasteiger partial charge is 0.394 e. The van der Waals surface area contributed by atoms with Crippen LogP contribution < -0.4 is 16.4 Å². The van der Waals surface area contributed by atoms with E-state index in [-0.39, 0.29) is 41.5 Å². The van der Waals surface area contributed by atoms with E-state index in [1.165, 1.54) is 22.9 Å². The van der Waals surface area contributed by atoms with Crippen LogP contribution in [0.15, 0.2) is 52.6 Å². The highest BCUT2D eigenvalue weighted by Crippen LogP contribution is 2.32. The van der Waals surface area contributed by atoms with E-state index in [2.05, 4.69) is 20.4 Å². The zero-order chi connectivity index (χ0) is 29.2. The maximum atomic E-state index is 14.8. The average Bonchev–Trinajstić information content (AvgIpc) is 2.88. The number of benzene rings is 1. The minimum absolute atomic E-state index is 0.0306. The van der Waals surface area contributed by atoms with Crippen molar-refractivity contribution in [1.29, 1.82) is 0 Å². The maximum absolute atomic E-state index is 14.8. The van der Waals surface area contributed by atoms with E-state index in [0.29, 0.717) is 12.4 Å². The van der Waals surface area contributed by atoms with E-state index in [1.807, 2.05) is 0 Å². The van der Waals surface area contributed by atoms with E-state index in [4.69, 9.17) is 0 Å². The van der Waals surface area contributed by atoms with Crippen LogP contribution in [-0.4, -0.2) is 42.5 Å². The molecule has 0 fully saturated rings. The fourth-order valence-corrected chi connectivity index (χ4v) is 3.99. The number of nitrogens with zero attached hydrogens (tertiary/aromatic N) is 4. The topological polar surface area (TPSA) is 126 Å². The number of aromatic amines is 1. The molecule has 1 atom stereocenters. The van der Waals surface area contributed by atoms with Gasteiger partial charge in [-0.05, 0) is 36.4 Å². The molecular weight excluding hydrogens is 553 g/mol. The third kappa shape index (κ3) is 6.11. The van der Waals surface area contributed by atoms with E-state index in [0.717, 1.165) is 12.3 Å². The third-order valence-corrected chi connectivity index (χ3v) is 5.96. The molecule has 3 heterocycles. The van der Waals surface area contributed by atoms with Crippen molar-refractivity contribution in [3.63, 3.8) is 0 Å². The van der Waals surface area contributed by atoms with Gasteiger partial charge in [0.05, 0.1) is 35.0 Å². The van der Waals surface area contributed by atoms with E-state index in [9.17, 15) is 45.4 Å². The second-order valence-corrected chi connectivity index (χ2v) is 8.68. The van der Waals surface area contributed by atoms with Gasteiger partial charge in [-0.3, -0.25) is 9.59 Å². The van der Waals surface area contributed by atoms with Gasteiger partial charge in [0, 0.05) is 31.2 Å². The number of halogens is 7. The Bertz CT molecular complexity index is 1630. The molecule has 0 aliphatic heterocycles. The number of alkyl halides is 6. The predicted molar refractivity (Wildman–Crippen MR) is 128 cm³/mol. The van der Waals surface area contributed by atoms with Crippen molar-refractivity contribution in [2.75, 3.05) is 11.9 Å². The lowest BCUT2D eigenvalue weighted by Crippen LogP contribution is -2.30. The summed E-state index contributed by atoms with van der Waals surface area (Å²) in [5.74, 6) is -1.23. The van der Waals surface area contributed by atoms with E-state index in [1.54, 1.807) is 5.10 Å². The lowest BCUT2D eigenvalue weighted by molar-refractivity contribution is -0.139. The monoisotopic (exact) mass is 572 g/mol. The minimum Gasteiger partial charge on any atom is -0.394 e. The molecule has 4 rings (SSSR count). The minimum atomic E-state index is -4.97. The zero-order valence-corrected chi connectivity index (χ0v) is 20.1. The van der Waals surface area contributed by atoms with Crippen LogP contribution in [0.1, 0.15) is 24.0 Å². The molecule has 3 aromatic heterocycles. The summed E-state index contributed by atoms with van der Waals surface area (Å²) in [4.78, 5) is 31.7. The van der Waals surface area contributed by atoms with E-state index < -0.39 is 58.8 Å². The summed E-state index contributed by atoms with van der Waals surface area (Å²) in [6, 6.07) is 2.72. The number of aryl methyl sites for hydroxylation is 1. The predicted octanol–water partition coefficient (Wildman–Crippen LogP) is 3.97. The Labute approximate surface area is 219 Å². The standard InChI is InChI=1S/C24H19F7N6O3/c25-17-7-15-12(6-16(17)20-32-8-13(9-33-20)23(26,27)28)3-5-37(22(15)40)4-1-2-14(11-38)35-18-10-34-36-21(39)19(18)24(29,30)31/h3,5-10,14,38H,1-2,4,11H2,(H2,35,36,39). The van der Waals surface area contributed by atoms with Gasteiger partial charge in [0.15, 0.2) is 5.82 Å². The summed E-state index contributed by atoms with van der Waals surface area (Å²) in [6.45, 7) is -0.533. The summed E-state index contributed by atoms with van der Waals surface area (Å²) < 4.78 is 94.1. The first-order valence-corrected chi connectivity index (χ1v) is 11.5. The molecule has 0 bridgehead atoms. The van der Waals surface area contributed by atoms with Gasteiger partial charge in [0.2, 0.25) is 0 Å². The number of anilines is 1. The normalized spacial score (nSPS) is 13.0. The number of aliphatic hydroxyl groups excluding tert-OH is 1. The van der Waals surface area contributed by atoms with Crippen molar-refractivity contribution in [3.05, 3.63) is 80.6 Å². The number of hydrogen-bond acceptors (Lipinski definition) is 7. The van der Waals surface area contributed by atoms with Crippen molar-refractivity contribution in [3.8, 4) is 11.4 Å². The number of pyridine rings is 1. The second kappa shape index (κ2) is 11.0. The molecule has 0 aliphatic carbocycles. The van der Waals surface area contributed by atoms with Gasteiger partial charge in [-0.15, -0.1) is 0 Å². The summed E-state index contributed by atoms with van der Waals surface area (Å²) in [7, 11) is 0. The van der Waals surface area contributed by atoms with Gasteiger partial charge in [-0.25, -0.2) is 19.5 Å². The Kier molecular flexibility index (Phi) is 7.91. The first kappa shape index (κ1) is 28.7. The van der Waals surface area contributed by atoms with Crippen LogP contribution in [0.4, 0.5) is 36.4 Å². The number of nitrogens with one attached hydrogen (secondary N) is 2. The maximum Gasteiger partial charge on any atom is 0.423 e. The Hall–Kier alpha value is -4.34. The summed E-state index contributed by atoms with van der Waals surface area (Å²) in [5.41, 5.74) is -5.45. The van der Waals surface area contributed by atoms with Crippen LogP contribution in [0.3, 0.4) is 0 Å². The Morgan fingerprint density at radius 2 is 1.73 bits per heavy atom. The first-order valence-electron chi connectivity index (χ1n) is 11.5. The Balaban J connectivity index is 1.49. The average molecular weight is 572 g/mol. The van der Waals surface area contributed by atoms with Gasteiger partial charge in [0.25, 0.3) is 11.1 Å². The molecule has 1 unspecified atom stereocenters. The molecule has 3 N–H and O–H groups in total. The number of H-pyrrole nitrogens is 1. The summed E-state index contributed by atoms with van der Waals surface area (Å²) in [5, 5.41) is 17.4. The molecule has 0 saturated carbocycles. The van der Waals surface area contributed by atoms with Gasteiger partial charge in [-0.2, -0.15) is 31.4 Å². The van der Waals surface area contributed by atoms with Gasteiger partial charge < -0.3 is 15.0 Å². The Morgan fingerprint density at radius 3 is 2.35 bits per heavy atom. The number of aliphatic hydroxyl groups is 1. The highest BCUT2D eigenvalue weighted by Gasteiger charge is 2.37. The number of rotatable bonds is 8. The molecule has 0 aliphatic rings. The first-order chi connectivity index (χ1) is 18.8. The van der Waals surface area contributed by atoms with Crippen LogP contribution in [0, 0.1) is 5.82 Å². The number of hydrogen-bond donors (Lipinski definition) is 3. The van der Waals surface area contributed by atoms with Crippen LogP contribution in [0.25, 0.3) is 22.2 Å². The molecule has 4 aromatic rings. The molecule has 0 saturated heterocycles. The van der Waals surface area contributed by atoms with Crippen molar-refractivity contribution in [2.45, 2.75) is 37.8 Å². The summed E-state index contributed by atoms with van der Waals surface area (Å²) in [6.07, 6.45) is -6.13. The second-order valence-electron chi connectivity index (χ2n) is 8.68. The van der Waals surface area contributed by atoms with Crippen LogP contribution in [0.2, 0.25) is 0 Å². The molecule has 0 spiro atoms. The highest BCUT2D eigenvalue weighted by molar-refractivity contribution is 5.86. The third-order valence-electron chi connectivity index (χ3n) is 5.96. The molecular formula is C24H19F7N6O3. The van der Waals surface area contributed by atoms with Crippen molar-refractivity contribution >= 4 is 16.5 Å². The van der Waals surface area contributed by atoms with Crippen molar-refractivity contribution in [2.24, 2.45) is 0 Å². The van der Waals surface area contributed by atoms with Crippen LogP contribution in [0.5, 0.6) is 0 Å². The SMILES string of the molecule is O=c1[nH]ncc(NC(CO)CCCn2ccc3cc(-c4ncc(C(F)(F)F)cn4)c(F)cc3c2=O)c1C(F)(F)F. The molecule has 16 heteroatoms. The number of aromatic nitrogens is 5. The van der Waals surface area contributed by atoms with Crippen LogP contribution in [-0.2, 0) is 18.9 Å². The highest BCUT2D eigenvalue weighted by atomic mass is 19.4. The summed E-state index contributed by atoms with van der Waals surface area (Å²) >= 11 is 0. The molecule has 40 heavy (non-hydrogen) atoms. The lowest BCUT2D eigenvalue weighted by atomic mass is 10.1. The quantitative estimate of drug-likeness (QED) is 0.273. The largest absolute Gasteiger partial charge is 0.423 e. The van der Waals surface area contributed by atoms with Gasteiger partial charge in [0.1, 0.15) is 11.4 Å². The molecule has 0 radical (unpaired) electrons. The van der Waals surface area contributed by atoms with Crippen molar-refractivity contribution < 1.29 is 35.8 Å². The molecule has 1 aromatic carbocycles. The van der Waals surface area contributed by atoms with Crippen molar-refractivity contribution in [1.82, 2.24) is 24.7 Å². The van der Waals surface area contributed by atoms with Gasteiger partial charge >= 0.3 is 12.4 Å². The zero-order valence-electron chi connectivity index (χ0n) is 20.1.